The molecule has 2 atom stereocenters. The van der Waals surface area contributed by atoms with Crippen molar-refractivity contribution in [3.8, 4) is 0 Å². The van der Waals surface area contributed by atoms with E-state index in [1.807, 2.05) is 6.92 Å². The molecule has 0 radical (unpaired) electrons. The minimum absolute atomic E-state index is 0.118. The Kier molecular flexibility index (Phi) is 7.42. The van der Waals surface area contributed by atoms with E-state index in [9.17, 15) is 19.8 Å². The second-order valence-corrected chi connectivity index (χ2v) is 4.52. The average molecular weight is 296 g/mol. The summed E-state index contributed by atoms with van der Waals surface area (Å²) in [7, 11) is 0. The summed E-state index contributed by atoms with van der Waals surface area (Å²) in [5.41, 5.74) is 0.939. The fourth-order valence-electron chi connectivity index (χ4n) is 1.77. The summed E-state index contributed by atoms with van der Waals surface area (Å²) in [6.45, 7) is 2.11. The van der Waals surface area contributed by atoms with Gasteiger partial charge in [-0.05, 0) is 24.1 Å². The summed E-state index contributed by atoms with van der Waals surface area (Å²) in [5.74, 6) is -1.18. The van der Waals surface area contributed by atoms with E-state index in [-0.39, 0.29) is 6.47 Å². The predicted molar refractivity (Wildman–Crippen MR) is 74.6 cm³/mol. The van der Waals surface area contributed by atoms with Crippen molar-refractivity contribution in [3.05, 3.63) is 35.4 Å². The van der Waals surface area contributed by atoms with E-state index >= 15 is 0 Å². The number of hydrogen-bond acceptors (Lipinski definition) is 6. The number of ether oxygens (including phenoxy) is 2. The van der Waals surface area contributed by atoms with Gasteiger partial charge < -0.3 is 19.7 Å². The van der Waals surface area contributed by atoms with Crippen molar-refractivity contribution in [2.24, 2.45) is 0 Å². The van der Waals surface area contributed by atoms with Crippen LogP contribution in [0, 0.1) is 0 Å². The van der Waals surface area contributed by atoms with Crippen LogP contribution in [0.1, 0.15) is 41.6 Å². The van der Waals surface area contributed by atoms with Gasteiger partial charge in [-0.15, -0.1) is 0 Å². The molecule has 1 aromatic rings. The van der Waals surface area contributed by atoms with Crippen LogP contribution < -0.4 is 0 Å². The summed E-state index contributed by atoms with van der Waals surface area (Å²) < 4.78 is 9.49. The summed E-state index contributed by atoms with van der Waals surface area (Å²) in [6.07, 6.45) is 0.319. The molecule has 0 aliphatic heterocycles. The van der Waals surface area contributed by atoms with Crippen LogP contribution in [0.5, 0.6) is 0 Å². The highest BCUT2D eigenvalue weighted by molar-refractivity contribution is 5.89. The maximum absolute atomic E-state index is 11.7. The first-order valence-electron chi connectivity index (χ1n) is 6.79. The standard InChI is InChI=1S/C15H20O6/c1-2-3-8-20-14(18)12-6-4-11(5-7-12)13(9-16)15(19)21-10-17/h4-7,10,13,15-16,19H,2-3,8-9H2,1H3. The third-order valence-corrected chi connectivity index (χ3v) is 3.04. The lowest BCUT2D eigenvalue weighted by atomic mass is 9.98. The molecule has 0 saturated heterocycles. The minimum atomic E-state index is -1.44. The van der Waals surface area contributed by atoms with Crippen LogP contribution in [0.4, 0.5) is 0 Å². The van der Waals surface area contributed by atoms with Crippen molar-refractivity contribution in [3.63, 3.8) is 0 Å². The summed E-state index contributed by atoms with van der Waals surface area (Å²) in [4.78, 5) is 21.9. The molecule has 0 aromatic heterocycles. The lowest BCUT2D eigenvalue weighted by Gasteiger charge is -2.19. The van der Waals surface area contributed by atoms with Crippen LogP contribution in [-0.2, 0) is 14.3 Å². The van der Waals surface area contributed by atoms with E-state index in [2.05, 4.69) is 4.74 Å². The number of carbonyl (C=O) groups excluding carboxylic acids is 2. The number of aliphatic hydroxyl groups is 2. The Labute approximate surface area is 123 Å². The molecule has 2 N–H and O–H groups in total. The van der Waals surface area contributed by atoms with Crippen molar-refractivity contribution in [1.29, 1.82) is 0 Å². The zero-order chi connectivity index (χ0) is 15.7. The van der Waals surface area contributed by atoms with Gasteiger partial charge in [-0.1, -0.05) is 25.5 Å². The molecule has 0 amide bonds. The Morgan fingerprint density at radius 1 is 1.33 bits per heavy atom. The minimum Gasteiger partial charge on any atom is -0.462 e. The normalized spacial score (nSPS) is 13.3. The lowest BCUT2D eigenvalue weighted by Crippen LogP contribution is -2.24. The third kappa shape index (κ3) is 5.17. The van der Waals surface area contributed by atoms with Crippen LogP contribution in [-0.4, -0.2) is 42.2 Å². The van der Waals surface area contributed by atoms with Gasteiger partial charge in [0.2, 0.25) is 6.29 Å². The van der Waals surface area contributed by atoms with Crippen LogP contribution in [0.2, 0.25) is 0 Å². The van der Waals surface area contributed by atoms with Gasteiger partial charge in [0.15, 0.2) is 0 Å². The quantitative estimate of drug-likeness (QED) is 0.308. The molecular weight excluding hydrogens is 276 g/mol. The van der Waals surface area contributed by atoms with Gasteiger partial charge in [-0.25, -0.2) is 4.79 Å². The van der Waals surface area contributed by atoms with E-state index in [0.29, 0.717) is 17.7 Å². The van der Waals surface area contributed by atoms with E-state index in [4.69, 9.17) is 4.74 Å². The fraction of sp³-hybridized carbons (Fsp3) is 0.467. The summed E-state index contributed by atoms with van der Waals surface area (Å²) in [5, 5.41) is 18.8. The molecule has 0 spiro atoms. The number of aliphatic hydroxyl groups excluding tert-OH is 2. The Balaban J connectivity index is 2.71. The molecule has 0 heterocycles. The first-order valence-corrected chi connectivity index (χ1v) is 6.79. The molecule has 2 unspecified atom stereocenters. The van der Waals surface area contributed by atoms with Crippen molar-refractivity contribution in [2.75, 3.05) is 13.2 Å². The van der Waals surface area contributed by atoms with E-state index in [0.717, 1.165) is 12.8 Å². The van der Waals surface area contributed by atoms with Crippen LogP contribution in [0.15, 0.2) is 24.3 Å². The van der Waals surface area contributed by atoms with Crippen LogP contribution in [0.25, 0.3) is 0 Å². The van der Waals surface area contributed by atoms with Gasteiger partial charge in [-0.3, -0.25) is 4.79 Å². The molecule has 0 bridgehead atoms. The molecule has 6 nitrogen and oxygen atoms in total. The van der Waals surface area contributed by atoms with Crippen molar-refractivity contribution in [2.45, 2.75) is 32.0 Å². The van der Waals surface area contributed by atoms with E-state index in [1.165, 1.54) is 0 Å². The predicted octanol–water partition coefficient (Wildman–Crippen LogP) is 1.21. The molecule has 1 aromatic carbocycles. The number of esters is 1. The molecule has 116 valence electrons. The number of unbranched alkanes of at least 4 members (excludes halogenated alkanes) is 1. The molecule has 21 heavy (non-hydrogen) atoms. The van der Waals surface area contributed by atoms with Crippen molar-refractivity contribution < 1.29 is 29.3 Å². The van der Waals surface area contributed by atoms with Gasteiger partial charge in [0.1, 0.15) is 0 Å². The number of rotatable bonds is 9. The zero-order valence-corrected chi connectivity index (χ0v) is 11.9. The second-order valence-electron chi connectivity index (χ2n) is 4.52. The fourth-order valence-corrected chi connectivity index (χ4v) is 1.77. The number of hydrogen-bond donors (Lipinski definition) is 2. The summed E-state index contributed by atoms with van der Waals surface area (Å²) in [6, 6.07) is 6.24. The molecule has 0 saturated carbocycles. The first kappa shape index (κ1) is 17.1. The van der Waals surface area contributed by atoms with Crippen LogP contribution in [0.3, 0.4) is 0 Å². The molecule has 0 fully saturated rings. The average Bonchev–Trinajstić information content (AvgIpc) is 2.49. The van der Waals surface area contributed by atoms with Gasteiger partial charge in [0.05, 0.1) is 24.7 Å². The molecule has 6 heteroatoms. The SMILES string of the molecule is CCCCOC(=O)c1ccc(C(CO)C(O)OC=O)cc1. The van der Waals surface area contributed by atoms with Gasteiger partial charge in [0, 0.05) is 0 Å². The van der Waals surface area contributed by atoms with Crippen molar-refractivity contribution in [1.82, 2.24) is 0 Å². The highest BCUT2D eigenvalue weighted by Gasteiger charge is 2.22. The highest BCUT2D eigenvalue weighted by atomic mass is 16.6. The molecule has 0 aliphatic carbocycles. The second kappa shape index (κ2) is 9.10. The largest absolute Gasteiger partial charge is 0.462 e. The zero-order valence-electron chi connectivity index (χ0n) is 11.9. The monoisotopic (exact) mass is 296 g/mol. The number of carbonyl (C=O) groups is 2. The molecule has 1 rings (SSSR count). The van der Waals surface area contributed by atoms with Gasteiger partial charge in [-0.2, -0.15) is 0 Å². The Bertz CT molecular complexity index is 442. The lowest BCUT2D eigenvalue weighted by molar-refractivity contribution is -0.157. The van der Waals surface area contributed by atoms with E-state index < -0.39 is 24.8 Å². The topological polar surface area (TPSA) is 93.1 Å². The Morgan fingerprint density at radius 2 is 2.00 bits per heavy atom. The number of benzene rings is 1. The van der Waals surface area contributed by atoms with Gasteiger partial charge in [0.25, 0.3) is 6.47 Å². The molecular formula is C15H20O6. The molecule has 0 aliphatic rings. The third-order valence-electron chi connectivity index (χ3n) is 3.04. The smallest absolute Gasteiger partial charge is 0.338 e. The van der Waals surface area contributed by atoms with Gasteiger partial charge >= 0.3 is 5.97 Å². The maximum atomic E-state index is 11.7. The maximum Gasteiger partial charge on any atom is 0.338 e. The Morgan fingerprint density at radius 3 is 2.52 bits per heavy atom. The highest BCUT2D eigenvalue weighted by Crippen LogP contribution is 2.20. The Hall–Kier alpha value is -1.92. The van der Waals surface area contributed by atoms with Crippen LogP contribution >= 0.6 is 0 Å². The van der Waals surface area contributed by atoms with Crippen molar-refractivity contribution >= 4 is 12.4 Å². The first-order chi connectivity index (χ1) is 10.1. The summed E-state index contributed by atoms with van der Waals surface area (Å²) >= 11 is 0. The van der Waals surface area contributed by atoms with E-state index in [1.54, 1.807) is 24.3 Å².